The first kappa shape index (κ1) is 28.6. The molecular weight excluding hydrogens is 650 g/mol. The van der Waals surface area contributed by atoms with Crippen molar-refractivity contribution in [1.29, 1.82) is 0 Å². The Morgan fingerprint density at radius 1 is 0.897 bits per heavy atom. The van der Waals surface area contributed by atoms with Crippen LogP contribution in [0.25, 0.3) is 6.08 Å². The molecule has 0 saturated carbocycles. The molecule has 0 aromatic heterocycles. The Morgan fingerprint density at radius 3 is 2.28 bits per heavy atom. The van der Waals surface area contributed by atoms with Crippen molar-refractivity contribution in [1.82, 2.24) is 4.90 Å². The molecule has 39 heavy (non-hydrogen) atoms. The summed E-state index contributed by atoms with van der Waals surface area (Å²) in [7, 11) is 0. The Balaban J connectivity index is 1.32. The summed E-state index contributed by atoms with van der Waals surface area (Å²) in [5.41, 5.74) is 4.05. The minimum atomic E-state index is -0.540. The van der Waals surface area contributed by atoms with Crippen LogP contribution in [0.2, 0.25) is 0 Å². The number of carbonyl (C=O) groups is 4. The quantitative estimate of drug-likeness (QED) is 0.264. The average molecular weight is 673 g/mol. The van der Waals surface area contributed by atoms with Crippen LogP contribution in [-0.2, 0) is 14.4 Å². The van der Waals surface area contributed by atoms with Crippen LogP contribution < -0.4 is 15.4 Å². The zero-order valence-corrected chi connectivity index (χ0v) is 24.9. The van der Waals surface area contributed by atoms with E-state index in [0.717, 1.165) is 32.3 Å². The highest BCUT2D eigenvalue weighted by atomic mass is 79.9. The lowest BCUT2D eigenvalue weighted by atomic mass is 10.1. The highest BCUT2D eigenvalue weighted by Crippen LogP contribution is 2.32. The van der Waals surface area contributed by atoms with Crippen molar-refractivity contribution in [3.63, 3.8) is 0 Å². The molecular formula is C28H23Br2N3O5S. The molecule has 1 saturated heterocycles. The largest absolute Gasteiger partial charge is 0.484 e. The molecule has 4 rings (SSSR count). The number of carbonyl (C=O) groups excluding carboxylic acids is 4. The van der Waals surface area contributed by atoms with Crippen LogP contribution in [0.15, 0.2) is 74.5 Å². The number of benzene rings is 3. The predicted octanol–water partition coefficient (Wildman–Crippen LogP) is 6.52. The molecule has 0 aliphatic carbocycles. The van der Waals surface area contributed by atoms with Crippen molar-refractivity contribution in [3.8, 4) is 5.75 Å². The van der Waals surface area contributed by atoms with E-state index in [0.29, 0.717) is 27.2 Å². The molecule has 1 fully saturated rings. The maximum absolute atomic E-state index is 12.8. The first-order valence-corrected chi connectivity index (χ1v) is 14.1. The van der Waals surface area contributed by atoms with Crippen molar-refractivity contribution in [2.75, 3.05) is 23.8 Å². The van der Waals surface area contributed by atoms with E-state index in [2.05, 4.69) is 42.5 Å². The number of para-hydroxylation sites is 1. The first-order chi connectivity index (χ1) is 18.6. The number of nitrogens with one attached hydrogen (secondary N) is 2. The summed E-state index contributed by atoms with van der Waals surface area (Å²) in [6.45, 7) is 3.39. The number of nitrogens with zero attached hydrogens (tertiary/aromatic N) is 1. The molecule has 0 spiro atoms. The third-order valence-corrected chi connectivity index (χ3v) is 7.98. The predicted molar refractivity (Wildman–Crippen MR) is 160 cm³/mol. The number of amides is 4. The Morgan fingerprint density at radius 2 is 1.56 bits per heavy atom. The lowest BCUT2D eigenvalue weighted by Crippen LogP contribution is -2.36. The number of ether oxygens (including phenoxy) is 1. The molecule has 0 atom stereocenters. The van der Waals surface area contributed by atoms with Crippen LogP contribution in [0, 0.1) is 13.8 Å². The second kappa shape index (κ2) is 12.6. The highest BCUT2D eigenvalue weighted by Gasteiger charge is 2.36. The van der Waals surface area contributed by atoms with Gasteiger partial charge in [-0.05, 0) is 117 Å². The maximum atomic E-state index is 12.8. The second-order valence-corrected chi connectivity index (χ2v) is 11.3. The van der Waals surface area contributed by atoms with Crippen LogP contribution in [-0.4, -0.2) is 41.0 Å². The number of anilines is 2. The van der Waals surface area contributed by atoms with Gasteiger partial charge in [0.2, 0.25) is 5.91 Å². The van der Waals surface area contributed by atoms with Gasteiger partial charge in [-0.1, -0.05) is 24.3 Å². The molecule has 0 radical (unpaired) electrons. The summed E-state index contributed by atoms with van der Waals surface area (Å²) >= 11 is 7.57. The number of aryl methyl sites for hydroxylation is 2. The topological polar surface area (TPSA) is 105 Å². The summed E-state index contributed by atoms with van der Waals surface area (Å²) in [6, 6.07) is 17.6. The Hall–Kier alpha value is -3.41. The van der Waals surface area contributed by atoms with Gasteiger partial charge in [0.25, 0.3) is 17.1 Å². The van der Waals surface area contributed by atoms with Gasteiger partial charge in [-0.25, -0.2) is 0 Å². The van der Waals surface area contributed by atoms with Crippen LogP contribution in [0.3, 0.4) is 0 Å². The molecule has 200 valence electrons. The van der Waals surface area contributed by atoms with Gasteiger partial charge in [-0.3, -0.25) is 24.1 Å². The standard InChI is InChI=1S/C28H23Br2N3O5S/c1-16-11-21(30)23(12-17(16)2)32-26(35)15-38-19-9-7-18(8-10-19)13-24-27(36)33(28(37)39-24)14-25(34)31-22-6-4-3-5-20(22)29/h3-13H,14-15H2,1-2H3,(H,31,34)(H,32,35)/b24-13+. The molecule has 1 heterocycles. The van der Waals surface area contributed by atoms with Crippen molar-refractivity contribution in [3.05, 3.63) is 91.2 Å². The summed E-state index contributed by atoms with van der Waals surface area (Å²) in [4.78, 5) is 51.1. The van der Waals surface area contributed by atoms with Crippen molar-refractivity contribution >= 4 is 84.0 Å². The smallest absolute Gasteiger partial charge is 0.294 e. The summed E-state index contributed by atoms with van der Waals surface area (Å²) in [6.07, 6.45) is 1.57. The van der Waals surface area contributed by atoms with Crippen molar-refractivity contribution in [2.45, 2.75) is 13.8 Å². The Kier molecular flexibility index (Phi) is 9.26. The molecule has 4 amide bonds. The van der Waals surface area contributed by atoms with Gasteiger partial charge in [0.05, 0.1) is 16.3 Å². The fourth-order valence-corrected chi connectivity index (χ4v) is 5.33. The van der Waals surface area contributed by atoms with Crippen LogP contribution in [0.4, 0.5) is 16.2 Å². The van der Waals surface area contributed by atoms with E-state index in [1.54, 1.807) is 48.5 Å². The number of imide groups is 1. The lowest BCUT2D eigenvalue weighted by molar-refractivity contribution is -0.127. The summed E-state index contributed by atoms with van der Waals surface area (Å²) in [5.74, 6) is -0.860. The maximum Gasteiger partial charge on any atom is 0.294 e. The SMILES string of the molecule is Cc1cc(Br)c(NC(=O)COc2ccc(/C=C3/SC(=O)N(CC(=O)Nc4ccccc4Br)C3=O)cc2)cc1C. The van der Waals surface area contributed by atoms with Gasteiger partial charge in [-0.2, -0.15) is 0 Å². The zero-order chi connectivity index (χ0) is 28.1. The Labute approximate surface area is 246 Å². The first-order valence-electron chi connectivity index (χ1n) is 11.7. The van der Waals surface area contributed by atoms with E-state index < -0.39 is 23.6 Å². The minimum absolute atomic E-state index is 0.181. The van der Waals surface area contributed by atoms with Gasteiger partial charge in [0.1, 0.15) is 12.3 Å². The third kappa shape index (κ3) is 7.37. The fourth-order valence-electron chi connectivity index (χ4n) is 3.56. The number of hydrogen-bond donors (Lipinski definition) is 2. The van der Waals surface area contributed by atoms with Crippen LogP contribution in [0.1, 0.15) is 16.7 Å². The second-order valence-electron chi connectivity index (χ2n) is 8.62. The molecule has 2 N–H and O–H groups in total. The van der Waals surface area contributed by atoms with E-state index in [-0.39, 0.29) is 17.4 Å². The minimum Gasteiger partial charge on any atom is -0.484 e. The van der Waals surface area contributed by atoms with E-state index in [1.165, 1.54) is 0 Å². The van der Waals surface area contributed by atoms with Gasteiger partial charge >= 0.3 is 0 Å². The zero-order valence-electron chi connectivity index (χ0n) is 20.9. The monoisotopic (exact) mass is 671 g/mol. The van der Waals surface area contributed by atoms with Crippen LogP contribution >= 0.6 is 43.6 Å². The van der Waals surface area contributed by atoms with Gasteiger partial charge in [0.15, 0.2) is 6.61 Å². The molecule has 0 bridgehead atoms. The third-order valence-electron chi connectivity index (χ3n) is 5.73. The van der Waals surface area contributed by atoms with E-state index in [1.807, 2.05) is 32.0 Å². The van der Waals surface area contributed by atoms with E-state index in [9.17, 15) is 19.2 Å². The van der Waals surface area contributed by atoms with E-state index in [4.69, 9.17) is 4.74 Å². The molecule has 0 unspecified atom stereocenters. The molecule has 3 aromatic rings. The summed E-state index contributed by atoms with van der Waals surface area (Å²) in [5, 5.41) is 4.99. The molecule has 1 aliphatic rings. The van der Waals surface area contributed by atoms with Gasteiger partial charge < -0.3 is 15.4 Å². The normalized spacial score (nSPS) is 14.1. The average Bonchev–Trinajstić information content (AvgIpc) is 3.15. The number of rotatable bonds is 8. The van der Waals surface area contributed by atoms with Gasteiger partial charge in [-0.15, -0.1) is 0 Å². The summed E-state index contributed by atoms with van der Waals surface area (Å²) < 4.78 is 7.06. The van der Waals surface area contributed by atoms with E-state index >= 15 is 0 Å². The van der Waals surface area contributed by atoms with Gasteiger partial charge in [0, 0.05) is 8.95 Å². The Bertz CT molecular complexity index is 1490. The lowest BCUT2D eigenvalue weighted by Gasteiger charge is -2.13. The number of hydrogen-bond acceptors (Lipinski definition) is 6. The van der Waals surface area contributed by atoms with Crippen molar-refractivity contribution < 1.29 is 23.9 Å². The number of halogens is 2. The highest BCUT2D eigenvalue weighted by molar-refractivity contribution is 9.11. The van der Waals surface area contributed by atoms with Crippen molar-refractivity contribution in [2.24, 2.45) is 0 Å². The molecule has 11 heteroatoms. The molecule has 8 nitrogen and oxygen atoms in total. The molecule has 3 aromatic carbocycles. The number of thioether (sulfide) groups is 1. The fraction of sp³-hybridized carbons (Fsp3) is 0.143. The van der Waals surface area contributed by atoms with Crippen LogP contribution in [0.5, 0.6) is 5.75 Å². The molecule has 1 aliphatic heterocycles.